The molecule has 4 aromatic carbocycles. The van der Waals surface area contributed by atoms with Crippen LogP contribution in [0.15, 0.2) is 96.1 Å². The van der Waals surface area contributed by atoms with Crippen molar-refractivity contribution in [2.75, 3.05) is 0 Å². The van der Waals surface area contributed by atoms with Crippen LogP contribution in [0, 0.1) is 0 Å². The molecule has 134 valence electrons. The summed E-state index contributed by atoms with van der Waals surface area (Å²) >= 11 is 0. The summed E-state index contributed by atoms with van der Waals surface area (Å²) in [5.74, 6) is 0.181. The van der Waals surface area contributed by atoms with Gasteiger partial charge in [-0.1, -0.05) is 84.9 Å². The molecular weight excluding hydrogens is 340 g/mol. The predicted octanol–water partition coefficient (Wildman–Crippen LogP) is 6.82. The summed E-state index contributed by atoms with van der Waals surface area (Å²) in [6.45, 7) is 0. The van der Waals surface area contributed by atoms with Gasteiger partial charge in [0.1, 0.15) is 0 Å². The van der Waals surface area contributed by atoms with Gasteiger partial charge in [0.05, 0.1) is 0 Å². The van der Waals surface area contributed by atoms with E-state index in [9.17, 15) is 4.79 Å². The average Bonchev–Trinajstić information content (AvgIpc) is 3.08. The van der Waals surface area contributed by atoms with Crippen molar-refractivity contribution in [2.45, 2.75) is 12.8 Å². The SMILES string of the molecule is O=C1C(=Cc2cccc3ccccc23)CCC1=Cc1cccc2ccccc12. The van der Waals surface area contributed by atoms with Gasteiger partial charge in [-0.05, 0) is 57.7 Å². The zero-order chi connectivity index (χ0) is 18.9. The Morgan fingerprint density at radius 2 is 0.964 bits per heavy atom. The lowest BCUT2D eigenvalue weighted by molar-refractivity contribution is -0.111. The maximum atomic E-state index is 13.0. The Hall–Kier alpha value is -3.45. The van der Waals surface area contributed by atoms with E-state index >= 15 is 0 Å². The number of Topliss-reactive ketones (excluding diaryl/α,β-unsaturated/α-hetero) is 1. The Balaban J connectivity index is 1.53. The number of fused-ring (bicyclic) bond motifs is 2. The van der Waals surface area contributed by atoms with E-state index < -0.39 is 0 Å². The van der Waals surface area contributed by atoms with E-state index in [2.05, 4.69) is 72.8 Å². The summed E-state index contributed by atoms with van der Waals surface area (Å²) in [4.78, 5) is 13.0. The molecule has 1 aliphatic carbocycles. The minimum Gasteiger partial charge on any atom is -0.289 e. The van der Waals surface area contributed by atoms with E-state index in [0.29, 0.717) is 0 Å². The smallest absolute Gasteiger partial charge is 0.185 e. The molecule has 4 aromatic rings. The molecule has 0 spiro atoms. The molecule has 0 aromatic heterocycles. The van der Waals surface area contributed by atoms with Crippen molar-refractivity contribution in [3.63, 3.8) is 0 Å². The van der Waals surface area contributed by atoms with Gasteiger partial charge in [-0.2, -0.15) is 0 Å². The summed E-state index contributed by atoms with van der Waals surface area (Å²) in [5, 5.41) is 4.79. The third kappa shape index (κ3) is 2.95. The quantitative estimate of drug-likeness (QED) is 0.358. The zero-order valence-electron chi connectivity index (χ0n) is 15.6. The predicted molar refractivity (Wildman–Crippen MR) is 118 cm³/mol. The number of hydrogen-bond acceptors (Lipinski definition) is 1. The fourth-order valence-electron chi connectivity index (χ4n) is 4.11. The first kappa shape index (κ1) is 16.7. The standard InChI is InChI=1S/C27H20O/c28-27-23(17-21-11-5-9-19-7-1-3-13-25(19)21)15-16-24(27)18-22-12-6-10-20-8-2-4-14-26(20)22/h1-14,17-18H,15-16H2. The molecule has 5 rings (SSSR count). The van der Waals surface area contributed by atoms with E-state index in [1.54, 1.807) is 0 Å². The molecule has 1 aliphatic rings. The van der Waals surface area contributed by atoms with Gasteiger partial charge >= 0.3 is 0 Å². The maximum absolute atomic E-state index is 13.0. The molecule has 0 radical (unpaired) electrons. The van der Waals surface area contributed by atoms with Crippen molar-refractivity contribution < 1.29 is 4.79 Å². The Kier molecular flexibility index (Phi) is 4.14. The second-order valence-corrected chi connectivity index (χ2v) is 7.31. The number of allylic oxidation sites excluding steroid dienone is 2. The van der Waals surface area contributed by atoms with E-state index in [-0.39, 0.29) is 5.78 Å². The third-order valence-corrected chi connectivity index (χ3v) is 5.55. The largest absolute Gasteiger partial charge is 0.289 e. The van der Waals surface area contributed by atoms with Gasteiger partial charge in [-0.25, -0.2) is 0 Å². The molecule has 1 nitrogen and oxygen atoms in total. The molecular formula is C27H20O. The average molecular weight is 360 g/mol. The van der Waals surface area contributed by atoms with Gasteiger partial charge in [0.25, 0.3) is 0 Å². The van der Waals surface area contributed by atoms with Crippen LogP contribution in [0.5, 0.6) is 0 Å². The van der Waals surface area contributed by atoms with Crippen LogP contribution >= 0.6 is 0 Å². The van der Waals surface area contributed by atoms with E-state index in [0.717, 1.165) is 35.1 Å². The monoisotopic (exact) mass is 360 g/mol. The Morgan fingerprint density at radius 3 is 1.46 bits per heavy atom. The highest BCUT2D eigenvalue weighted by molar-refractivity contribution is 6.16. The fraction of sp³-hybridized carbons (Fsp3) is 0.0741. The van der Waals surface area contributed by atoms with Crippen LogP contribution in [0.1, 0.15) is 24.0 Å². The van der Waals surface area contributed by atoms with Gasteiger partial charge in [0, 0.05) is 11.1 Å². The molecule has 0 saturated heterocycles. The number of hydrogen-bond donors (Lipinski definition) is 0. The normalized spacial score (nSPS) is 17.2. The highest BCUT2D eigenvalue weighted by Gasteiger charge is 2.23. The lowest BCUT2D eigenvalue weighted by Crippen LogP contribution is -1.96. The van der Waals surface area contributed by atoms with E-state index in [1.165, 1.54) is 21.5 Å². The van der Waals surface area contributed by atoms with Crippen LogP contribution in [-0.4, -0.2) is 5.78 Å². The van der Waals surface area contributed by atoms with Gasteiger partial charge in [-0.15, -0.1) is 0 Å². The fourth-order valence-corrected chi connectivity index (χ4v) is 4.11. The highest BCUT2D eigenvalue weighted by atomic mass is 16.1. The minimum absolute atomic E-state index is 0.181. The molecule has 1 heteroatoms. The molecule has 0 unspecified atom stereocenters. The maximum Gasteiger partial charge on any atom is 0.185 e. The second kappa shape index (κ2) is 6.94. The van der Waals surface area contributed by atoms with E-state index in [1.807, 2.05) is 24.3 Å². The van der Waals surface area contributed by atoms with Gasteiger partial charge in [0.2, 0.25) is 0 Å². The number of rotatable bonds is 2. The van der Waals surface area contributed by atoms with Crippen molar-refractivity contribution in [3.8, 4) is 0 Å². The second-order valence-electron chi connectivity index (χ2n) is 7.31. The first-order valence-electron chi connectivity index (χ1n) is 9.71. The first-order valence-corrected chi connectivity index (χ1v) is 9.71. The van der Waals surface area contributed by atoms with Crippen molar-refractivity contribution in [2.24, 2.45) is 0 Å². The van der Waals surface area contributed by atoms with Crippen LogP contribution < -0.4 is 0 Å². The van der Waals surface area contributed by atoms with Crippen LogP contribution in [0.2, 0.25) is 0 Å². The van der Waals surface area contributed by atoms with Gasteiger partial charge < -0.3 is 0 Å². The summed E-state index contributed by atoms with van der Waals surface area (Å²) in [6.07, 6.45) is 5.76. The number of benzene rings is 4. The molecule has 0 heterocycles. The lowest BCUT2D eigenvalue weighted by Gasteiger charge is -2.04. The highest BCUT2D eigenvalue weighted by Crippen LogP contribution is 2.32. The molecule has 28 heavy (non-hydrogen) atoms. The summed E-state index contributed by atoms with van der Waals surface area (Å²) in [6, 6.07) is 29.2. The van der Waals surface area contributed by atoms with Crippen LogP contribution in [0.25, 0.3) is 33.7 Å². The number of carbonyl (C=O) groups excluding carboxylic acids is 1. The Labute approximate surface area is 164 Å². The van der Waals surface area contributed by atoms with Crippen molar-refractivity contribution in [1.82, 2.24) is 0 Å². The molecule has 0 atom stereocenters. The molecule has 0 N–H and O–H groups in total. The zero-order valence-corrected chi connectivity index (χ0v) is 15.6. The number of ketones is 1. The molecule has 0 amide bonds. The Morgan fingerprint density at radius 1 is 0.536 bits per heavy atom. The summed E-state index contributed by atoms with van der Waals surface area (Å²) < 4.78 is 0. The van der Waals surface area contributed by atoms with Crippen molar-refractivity contribution >= 4 is 39.5 Å². The number of carbonyl (C=O) groups is 1. The minimum atomic E-state index is 0.181. The molecule has 0 bridgehead atoms. The Bertz CT molecular complexity index is 1160. The molecule has 1 saturated carbocycles. The summed E-state index contributed by atoms with van der Waals surface area (Å²) in [5.41, 5.74) is 4.05. The van der Waals surface area contributed by atoms with Gasteiger partial charge in [-0.3, -0.25) is 4.79 Å². The van der Waals surface area contributed by atoms with Crippen LogP contribution in [0.4, 0.5) is 0 Å². The molecule has 0 aliphatic heterocycles. The van der Waals surface area contributed by atoms with Crippen LogP contribution in [0.3, 0.4) is 0 Å². The van der Waals surface area contributed by atoms with E-state index in [4.69, 9.17) is 0 Å². The first-order chi connectivity index (χ1) is 13.8. The third-order valence-electron chi connectivity index (χ3n) is 5.55. The topological polar surface area (TPSA) is 17.1 Å². The van der Waals surface area contributed by atoms with Crippen molar-refractivity contribution in [3.05, 3.63) is 107 Å². The summed E-state index contributed by atoms with van der Waals surface area (Å²) in [7, 11) is 0. The van der Waals surface area contributed by atoms with Gasteiger partial charge in [0.15, 0.2) is 5.78 Å². The van der Waals surface area contributed by atoms with Crippen LogP contribution in [-0.2, 0) is 4.79 Å². The molecule has 1 fully saturated rings. The lowest BCUT2D eigenvalue weighted by atomic mass is 10.00. The van der Waals surface area contributed by atoms with Crippen molar-refractivity contribution in [1.29, 1.82) is 0 Å².